The zero-order valence-electron chi connectivity index (χ0n) is 10.5. The van der Waals surface area contributed by atoms with Gasteiger partial charge in [-0.1, -0.05) is 0 Å². The lowest BCUT2D eigenvalue weighted by molar-refractivity contribution is 0.0697. The summed E-state index contributed by atoms with van der Waals surface area (Å²) in [5.74, 6) is -0.894. The molecule has 0 aromatic heterocycles. The van der Waals surface area contributed by atoms with E-state index in [0.717, 1.165) is 30.9 Å². The van der Waals surface area contributed by atoms with Gasteiger partial charge >= 0.3 is 5.97 Å². The van der Waals surface area contributed by atoms with Crippen LogP contribution >= 0.6 is 0 Å². The predicted molar refractivity (Wildman–Crippen MR) is 72.4 cm³/mol. The van der Waals surface area contributed by atoms with Crippen LogP contribution in [0, 0.1) is 0 Å². The third kappa shape index (κ3) is 2.41. The van der Waals surface area contributed by atoms with E-state index in [9.17, 15) is 4.79 Å². The summed E-state index contributed by atoms with van der Waals surface area (Å²) in [4.78, 5) is 13.3. The van der Waals surface area contributed by atoms with Crippen LogP contribution in [0.1, 0.15) is 23.7 Å². The first-order valence-electron chi connectivity index (χ1n) is 6.21. The van der Waals surface area contributed by atoms with Gasteiger partial charge in [0.1, 0.15) is 0 Å². The van der Waals surface area contributed by atoms with Crippen molar-refractivity contribution < 1.29 is 9.90 Å². The second-order valence-electron chi connectivity index (χ2n) is 4.58. The Bertz CT molecular complexity index is 448. The summed E-state index contributed by atoms with van der Waals surface area (Å²) in [5, 5.41) is 12.3. The topological polar surface area (TPSA) is 78.6 Å². The second kappa shape index (κ2) is 5.27. The number of benzene rings is 1. The summed E-state index contributed by atoms with van der Waals surface area (Å²) in [5.41, 5.74) is 7.88. The van der Waals surface area contributed by atoms with E-state index in [-0.39, 0.29) is 0 Å². The van der Waals surface area contributed by atoms with Gasteiger partial charge in [-0.2, -0.15) is 0 Å². The quantitative estimate of drug-likeness (QED) is 0.750. The van der Waals surface area contributed by atoms with E-state index in [2.05, 4.69) is 17.1 Å². The van der Waals surface area contributed by atoms with Crippen LogP contribution in [0.5, 0.6) is 0 Å². The maximum Gasteiger partial charge on any atom is 0.335 e. The number of hydrogen-bond donors (Lipinski definition) is 3. The number of aromatic carboxylic acids is 1. The number of nitrogens with two attached hydrogens (primary N) is 1. The van der Waals surface area contributed by atoms with Crippen LogP contribution in [0.4, 0.5) is 11.4 Å². The Balaban J connectivity index is 2.34. The van der Waals surface area contributed by atoms with E-state index >= 15 is 0 Å². The molecule has 0 saturated heterocycles. The zero-order valence-corrected chi connectivity index (χ0v) is 10.5. The molecule has 0 aliphatic carbocycles. The average Bonchev–Trinajstić information content (AvgIpc) is 2.37. The number of rotatable bonds is 4. The Labute approximate surface area is 107 Å². The number of carbonyl (C=O) groups is 1. The monoisotopic (exact) mass is 249 g/mol. The predicted octanol–water partition coefficient (Wildman–Crippen LogP) is 1.35. The highest BCUT2D eigenvalue weighted by Crippen LogP contribution is 2.32. The SMILES string of the molecule is CC(CCN)N1CCNc2ccc(C(=O)O)cc21. The Morgan fingerprint density at radius 1 is 1.61 bits per heavy atom. The van der Waals surface area contributed by atoms with Gasteiger partial charge in [-0.3, -0.25) is 0 Å². The number of nitrogens with zero attached hydrogens (tertiary/aromatic N) is 1. The molecule has 0 radical (unpaired) electrons. The van der Waals surface area contributed by atoms with Crippen molar-refractivity contribution in [3.8, 4) is 0 Å². The molecule has 5 nitrogen and oxygen atoms in total. The number of anilines is 2. The van der Waals surface area contributed by atoms with Crippen LogP contribution < -0.4 is 16.0 Å². The fourth-order valence-electron chi connectivity index (χ4n) is 2.34. The van der Waals surface area contributed by atoms with Crippen LogP contribution in [0.25, 0.3) is 0 Å². The maximum atomic E-state index is 11.0. The van der Waals surface area contributed by atoms with Crippen LogP contribution in [-0.2, 0) is 0 Å². The fourth-order valence-corrected chi connectivity index (χ4v) is 2.34. The van der Waals surface area contributed by atoms with Crippen molar-refractivity contribution in [2.45, 2.75) is 19.4 Å². The summed E-state index contributed by atoms with van der Waals surface area (Å²) in [7, 11) is 0. The summed E-state index contributed by atoms with van der Waals surface area (Å²) < 4.78 is 0. The van der Waals surface area contributed by atoms with E-state index in [1.54, 1.807) is 12.1 Å². The first-order chi connectivity index (χ1) is 8.63. The normalized spacial score (nSPS) is 15.8. The van der Waals surface area contributed by atoms with E-state index in [1.807, 2.05) is 6.07 Å². The molecule has 1 aliphatic heterocycles. The van der Waals surface area contributed by atoms with Crippen molar-refractivity contribution in [1.82, 2.24) is 0 Å². The molecule has 1 aromatic carbocycles. The fraction of sp³-hybridized carbons (Fsp3) is 0.462. The standard InChI is InChI=1S/C13H19N3O2/c1-9(4-5-14)16-7-6-15-11-3-2-10(13(17)18)8-12(11)16/h2-3,8-9,15H,4-7,14H2,1H3,(H,17,18). The number of hydrogen-bond acceptors (Lipinski definition) is 4. The molecule has 1 aromatic rings. The summed E-state index contributed by atoms with van der Waals surface area (Å²) in [6, 6.07) is 5.52. The Kier molecular flexibility index (Phi) is 3.72. The highest BCUT2D eigenvalue weighted by Gasteiger charge is 2.21. The van der Waals surface area contributed by atoms with Gasteiger partial charge in [-0.05, 0) is 38.1 Å². The molecule has 98 valence electrons. The minimum Gasteiger partial charge on any atom is -0.478 e. The van der Waals surface area contributed by atoms with Crippen LogP contribution in [0.15, 0.2) is 18.2 Å². The largest absolute Gasteiger partial charge is 0.478 e. The lowest BCUT2D eigenvalue weighted by Crippen LogP contribution is -2.41. The van der Waals surface area contributed by atoms with E-state index in [4.69, 9.17) is 10.8 Å². The van der Waals surface area contributed by atoms with Gasteiger partial charge in [0.25, 0.3) is 0 Å². The van der Waals surface area contributed by atoms with Gasteiger partial charge in [-0.15, -0.1) is 0 Å². The molecule has 4 N–H and O–H groups in total. The molecule has 0 spiro atoms. The lowest BCUT2D eigenvalue weighted by atomic mass is 10.1. The van der Waals surface area contributed by atoms with Crippen LogP contribution in [-0.4, -0.2) is 36.8 Å². The Morgan fingerprint density at radius 2 is 2.39 bits per heavy atom. The number of carboxylic acids is 1. The van der Waals surface area contributed by atoms with Crippen molar-refractivity contribution >= 4 is 17.3 Å². The minimum atomic E-state index is -0.894. The highest BCUT2D eigenvalue weighted by atomic mass is 16.4. The molecule has 1 aliphatic rings. The molecule has 0 amide bonds. The van der Waals surface area contributed by atoms with Crippen molar-refractivity contribution in [2.75, 3.05) is 29.9 Å². The molecule has 1 heterocycles. The number of fused-ring (bicyclic) bond motifs is 1. The van der Waals surface area contributed by atoms with Crippen molar-refractivity contribution in [3.63, 3.8) is 0 Å². The molecule has 0 bridgehead atoms. The smallest absolute Gasteiger partial charge is 0.335 e. The molecular weight excluding hydrogens is 230 g/mol. The molecule has 5 heteroatoms. The first-order valence-corrected chi connectivity index (χ1v) is 6.21. The molecule has 1 unspecified atom stereocenters. The van der Waals surface area contributed by atoms with Gasteiger partial charge in [0.05, 0.1) is 16.9 Å². The highest BCUT2D eigenvalue weighted by molar-refractivity contribution is 5.91. The van der Waals surface area contributed by atoms with Gasteiger partial charge in [0, 0.05) is 19.1 Å². The summed E-state index contributed by atoms with van der Waals surface area (Å²) >= 11 is 0. The Hall–Kier alpha value is -1.75. The zero-order chi connectivity index (χ0) is 13.1. The number of nitrogens with one attached hydrogen (secondary N) is 1. The lowest BCUT2D eigenvalue weighted by Gasteiger charge is -2.37. The molecule has 0 fully saturated rings. The van der Waals surface area contributed by atoms with Crippen molar-refractivity contribution in [2.24, 2.45) is 5.73 Å². The van der Waals surface area contributed by atoms with Gasteiger partial charge in [0.15, 0.2) is 0 Å². The third-order valence-electron chi connectivity index (χ3n) is 3.34. The summed E-state index contributed by atoms with van der Waals surface area (Å²) in [6.45, 7) is 4.50. The van der Waals surface area contributed by atoms with Gasteiger partial charge < -0.3 is 21.1 Å². The van der Waals surface area contributed by atoms with Crippen LogP contribution in [0.2, 0.25) is 0 Å². The van der Waals surface area contributed by atoms with Crippen molar-refractivity contribution in [1.29, 1.82) is 0 Å². The second-order valence-corrected chi connectivity index (χ2v) is 4.58. The molecule has 18 heavy (non-hydrogen) atoms. The minimum absolute atomic E-state index is 0.319. The van der Waals surface area contributed by atoms with Gasteiger partial charge in [-0.25, -0.2) is 4.79 Å². The maximum absolute atomic E-state index is 11.0. The van der Waals surface area contributed by atoms with E-state index in [0.29, 0.717) is 18.2 Å². The van der Waals surface area contributed by atoms with Crippen LogP contribution in [0.3, 0.4) is 0 Å². The molecule has 2 rings (SSSR count). The third-order valence-corrected chi connectivity index (χ3v) is 3.34. The van der Waals surface area contributed by atoms with E-state index < -0.39 is 5.97 Å². The first kappa shape index (κ1) is 12.7. The van der Waals surface area contributed by atoms with E-state index in [1.165, 1.54) is 0 Å². The Morgan fingerprint density at radius 3 is 3.06 bits per heavy atom. The van der Waals surface area contributed by atoms with Gasteiger partial charge in [0.2, 0.25) is 0 Å². The molecule has 0 saturated carbocycles. The van der Waals surface area contributed by atoms with Crippen molar-refractivity contribution in [3.05, 3.63) is 23.8 Å². The average molecular weight is 249 g/mol. The number of carboxylic acid groups (broad SMARTS) is 1. The summed E-state index contributed by atoms with van der Waals surface area (Å²) in [6.07, 6.45) is 0.900. The molecule has 1 atom stereocenters. The molecular formula is C13H19N3O2.